The average Bonchev–Trinajstić information content (AvgIpc) is 2.66. The van der Waals surface area contributed by atoms with Gasteiger partial charge in [0.2, 0.25) is 0 Å². The summed E-state index contributed by atoms with van der Waals surface area (Å²) in [7, 11) is 0. The van der Waals surface area contributed by atoms with E-state index in [0.29, 0.717) is 28.1 Å². The smallest absolute Gasteiger partial charge is 0.406 e. The van der Waals surface area contributed by atoms with Gasteiger partial charge in [-0.2, -0.15) is 0 Å². The molecule has 3 unspecified atom stereocenters. The molecule has 1 fully saturated rings. The van der Waals surface area contributed by atoms with Crippen LogP contribution in [-0.4, -0.2) is 41.2 Å². The van der Waals surface area contributed by atoms with E-state index in [1.807, 2.05) is 0 Å². The van der Waals surface area contributed by atoms with Crippen LogP contribution in [0.1, 0.15) is 29.2 Å². The highest BCUT2D eigenvalue weighted by Crippen LogP contribution is 2.33. The van der Waals surface area contributed by atoms with Crippen molar-refractivity contribution in [3.8, 4) is 5.75 Å². The molecule has 1 heterocycles. The maximum atomic E-state index is 12.3. The number of alkyl halides is 3. The molecule has 1 aliphatic heterocycles. The minimum Gasteiger partial charge on any atom is -0.406 e. The lowest BCUT2D eigenvalue weighted by Crippen LogP contribution is -2.43. The number of ketones is 1. The highest BCUT2D eigenvalue weighted by molar-refractivity contribution is 6.31. The number of hydrogen-bond donors (Lipinski definition) is 2. The predicted octanol–water partition coefficient (Wildman–Crippen LogP) is 3.58. The zero-order valence-electron chi connectivity index (χ0n) is 15.0. The zero-order valence-corrected chi connectivity index (χ0v) is 15.8. The van der Waals surface area contributed by atoms with Gasteiger partial charge < -0.3 is 19.7 Å². The third-order valence-corrected chi connectivity index (χ3v) is 4.94. The summed E-state index contributed by atoms with van der Waals surface area (Å²) in [5.74, 6) is -0.871. The Labute approximate surface area is 169 Å². The summed E-state index contributed by atoms with van der Waals surface area (Å²) in [5, 5.41) is 19.6. The van der Waals surface area contributed by atoms with Gasteiger partial charge in [0.15, 0.2) is 5.78 Å². The fourth-order valence-corrected chi connectivity index (χ4v) is 3.35. The Bertz CT molecular complexity index is 869. The molecule has 0 bridgehead atoms. The minimum absolute atomic E-state index is 0.0554. The normalized spacial score (nSPS) is 22.6. The summed E-state index contributed by atoms with van der Waals surface area (Å²) in [6.07, 6.45) is -7.28. The van der Waals surface area contributed by atoms with Crippen LogP contribution in [0.2, 0.25) is 5.02 Å². The lowest BCUT2D eigenvalue weighted by atomic mass is 9.93. The van der Waals surface area contributed by atoms with Crippen LogP contribution >= 0.6 is 11.6 Å². The van der Waals surface area contributed by atoms with E-state index in [9.17, 15) is 28.2 Å². The first-order valence-electron chi connectivity index (χ1n) is 8.77. The molecule has 3 atom stereocenters. The first-order chi connectivity index (χ1) is 13.7. The van der Waals surface area contributed by atoms with Gasteiger partial charge in [-0.3, -0.25) is 4.79 Å². The first kappa shape index (κ1) is 21.6. The molecule has 0 radical (unpaired) electrons. The van der Waals surface area contributed by atoms with Crippen LogP contribution in [0.5, 0.6) is 5.75 Å². The van der Waals surface area contributed by atoms with Crippen molar-refractivity contribution in [2.75, 3.05) is 6.61 Å². The van der Waals surface area contributed by atoms with Crippen molar-refractivity contribution in [1.29, 1.82) is 0 Å². The minimum atomic E-state index is -4.75. The van der Waals surface area contributed by atoms with E-state index < -0.39 is 37.1 Å². The number of rotatable bonds is 5. The standard InChI is InChI=1S/C20H18ClF3O5/c21-15-6-3-12(17-9-16(26)19(27)18(10-25)28-17)8-13(15)7-11-1-4-14(5-2-11)29-20(22,23)24/h1-6,8,16-18,25-26H,7,9-10H2. The van der Waals surface area contributed by atoms with Gasteiger partial charge in [-0.15, -0.1) is 13.2 Å². The Morgan fingerprint density at radius 2 is 1.86 bits per heavy atom. The fourth-order valence-electron chi connectivity index (χ4n) is 3.16. The van der Waals surface area contributed by atoms with E-state index >= 15 is 0 Å². The van der Waals surface area contributed by atoms with E-state index in [-0.39, 0.29) is 12.2 Å². The molecule has 2 aromatic carbocycles. The summed E-state index contributed by atoms with van der Waals surface area (Å²) in [6.45, 7) is -0.529. The highest BCUT2D eigenvalue weighted by Gasteiger charge is 2.36. The number of benzene rings is 2. The molecule has 2 aromatic rings. The van der Waals surface area contributed by atoms with Crippen LogP contribution in [0, 0.1) is 0 Å². The monoisotopic (exact) mass is 430 g/mol. The molecule has 3 rings (SSSR count). The lowest BCUT2D eigenvalue weighted by Gasteiger charge is -2.31. The number of carbonyl (C=O) groups is 1. The van der Waals surface area contributed by atoms with Crippen LogP contribution in [0.25, 0.3) is 0 Å². The molecular formula is C20H18ClF3O5. The molecule has 0 amide bonds. The maximum Gasteiger partial charge on any atom is 0.573 e. The second-order valence-electron chi connectivity index (χ2n) is 6.67. The Hall–Kier alpha value is -2.13. The Balaban J connectivity index is 1.76. The van der Waals surface area contributed by atoms with E-state index in [4.69, 9.17) is 16.3 Å². The van der Waals surface area contributed by atoms with E-state index in [1.165, 1.54) is 24.3 Å². The molecule has 0 spiro atoms. The molecule has 156 valence electrons. The maximum absolute atomic E-state index is 12.3. The number of carbonyl (C=O) groups excluding carboxylic acids is 1. The molecule has 9 heteroatoms. The molecule has 1 saturated heterocycles. The third-order valence-electron chi connectivity index (χ3n) is 4.57. The predicted molar refractivity (Wildman–Crippen MR) is 97.7 cm³/mol. The summed E-state index contributed by atoms with van der Waals surface area (Å²) < 4.78 is 46.2. The molecule has 0 saturated carbocycles. The van der Waals surface area contributed by atoms with E-state index in [2.05, 4.69) is 4.74 Å². The highest BCUT2D eigenvalue weighted by atomic mass is 35.5. The molecule has 0 aromatic heterocycles. The number of Topliss-reactive ketones (excluding diaryl/α,β-unsaturated/α-hetero) is 1. The largest absolute Gasteiger partial charge is 0.573 e. The van der Waals surface area contributed by atoms with Gasteiger partial charge in [-0.1, -0.05) is 35.9 Å². The number of ether oxygens (including phenoxy) is 2. The second kappa shape index (κ2) is 8.71. The Morgan fingerprint density at radius 1 is 1.17 bits per heavy atom. The summed E-state index contributed by atoms with van der Waals surface area (Å²) in [4.78, 5) is 11.8. The lowest BCUT2D eigenvalue weighted by molar-refractivity contribution is -0.274. The number of aliphatic hydroxyl groups is 2. The third kappa shape index (κ3) is 5.48. The van der Waals surface area contributed by atoms with Crippen LogP contribution < -0.4 is 4.74 Å². The van der Waals surface area contributed by atoms with Gasteiger partial charge in [0.05, 0.1) is 12.7 Å². The zero-order chi connectivity index (χ0) is 21.2. The molecular weight excluding hydrogens is 413 g/mol. The quantitative estimate of drug-likeness (QED) is 0.758. The van der Waals surface area contributed by atoms with Crippen molar-refractivity contribution in [3.05, 3.63) is 64.2 Å². The van der Waals surface area contributed by atoms with Gasteiger partial charge in [-0.25, -0.2) is 0 Å². The van der Waals surface area contributed by atoms with E-state index in [1.54, 1.807) is 18.2 Å². The summed E-state index contributed by atoms with van der Waals surface area (Å²) >= 11 is 6.25. The first-order valence-corrected chi connectivity index (χ1v) is 9.15. The Morgan fingerprint density at radius 3 is 2.48 bits per heavy atom. The number of aliphatic hydroxyl groups excluding tert-OH is 2. The van der Waals surface area contributed by atoms with Crippen molar-refractivity contribution < 1.29 is 37.7 Å². The van der Waals surface area contributed by atoms with Crippen molar-refractivity contribution in [2.24, 2.45) is 0 Å². The van der Waals surface area contributed by atoms with Crippen molar-refractivity contribution in [1.82, 2.24) is 0 Å². The SMILES string of the molecule is O=C1C(O)CC(c2ccc(Cl)c(Cc3ccc(OC(F)(F)F)cc3)c2)OC1CO. The van der Waals surface area contributed by atoms with Gasteiger partial charge in [0.25, 0.3) is 0 Å². The van der Waals surface area contributed by atoms with Gasteiger partial charge in [0.1, 0.15) is 18.0 Å². The molecule has 29 heavy (non-hydrogen) atoms. The average molecular weight is 431 g/mol. The summed E-state index contributed by atoms with van der Waals surface area (Å²) in [6, 6.07) is 10.6. The van der Waals surface area contributed by atoms with Gasteiger partial charge >= 0.3 is 6.36 Å². The molecule has 0 aliphatic carbocycles. The van der Waals surface area contributed by atoms with Crippen molar-refractivity contribution >= 4 is 17.4 Å². The fraction of sp³-hybridized carbons (Fsp3) is 0.350. The van der Waals surface area contributed by atoms with Crippen LogP contribution in [0.4, 0.5) is 13.2 Å². The molecule has 5 nitrogen and oxygen atoms in total. The van der Waals surface area contributed by atoms with Crippen LogP contribution in [-0.2, 0) is 16.0 Å². The number of halogens is 4. The van der Waals surface area contributed by atoms with Crippen molar-refractivity contribution in [3.63, 3.8) is 0 Å². The van der Waals surface area contributed by atoms with Gasteiger partial charge in [0, 0.05) is 11.4 Å². The summed E-state index contributed by atoms with van der Waals surface area (Å²) in [5.41, 5.74) is 2.09. The van der Waals surface area contributed by atoms with E-state index in [0.717, 1.165) is 0 Å². The number of hydrogen-bond acceptors (Lipinski definition) is 5. The van der Waals surface area contributed by atoms with Crippen LogP contribution in [0.15, 0.2) is 42.5 Å². The topological polar surface area (TPSA) is 76.0 Å². The molecule has 2 N–H and O–H groups in total. The van der Waals surface area contributed by atoms with Gasteiger partial charge in [-0.05, 0) is 41.3 Å². The van der Waals surface area contributed by atoms with Crippen molar-refractivity contribution in [2.45, 2.75) is 37.5 Å². The molecule has 1 aliphatic rings. The van der Waals surface area contributed by atoms with Crippen LogP contribution in [0.3, 0.4) is 0 Å². The second-order valence-corrected chi connectivity index (χ2v) is 7.08. The Kier molecular flexibility index (Phi) is 6.48.